The van der Waals surface area contributed by atoms with E-state index in [-0.39, 0.29) is 0 Å². The molecule has 18 heavy (non-hydrogen) atoms. The van der Waals surface area contributed by atoms with Crippen LogP contribution in [-0.2, 0) is 13.3 Å². The van der Waals surface area contributed by atoms with E-state index in [0.717, 1.165) is 32.0 Å². The number of hydrogen-bond donors (Lipinski definition) is 1. The maximum absolute atomic E-state index is 5.80. The summed E-state index contributed by atoms with van der Waals surface area (Å²) in [4.78, 5) is 0. The lowest BCUT2D eigenvalue weighted by Gasteiger charge is -2.28. The second-order valence-corrected chi connectivity index (χ2v) is 6.66. The highest BCUT2D eigenvalue weighted by Gasteiger charge is 2.39. The maximum atomic E-state index is 5.80. The van der Waals surface area contributed by atoms with Gasteiger partial charge in [0.05, 0.1) is 0 Å². The van der Waals surface area contributed by atoms with Crippen molar-refractivity contribution in [2.75, 3.05) is 32.9 Å². The van der Waals surface area contributed by atoms with Gasteiger partial charge in [-0.25, -0.2) is 0 Å². The van der Waals surface area contributed by atoms with Gasteiger partial charge < -0.3 is 18.6 Å². The predicted molar refractivity (Wildman–Crippen MR) is 77.7 cm³/mol. The van der Waals surface area contributed by atoms with Crippen LogP contribution in [0.3, 0.4) is 0 Å². The second-order valence-electron chi connectivity index (χ2n) is 3.93. The molecule has 0 atom stereocenters. The largest absolute Gasteiger partial charge is 0.500 e. The molecule has 0 heterocycles. The topological polar surface area (TPSA) is 39.7 Å². The second kappa shape index (κ2) is 11.9. The molecule has 0 aliphatic carbocycles. The molecule has 0 aromatic rings. The van der Waals surface area contributed by atoms with E-state index in [0.29, 0.717) is 19.8 Å². The molecule has 0 fully saturated rings. The molecule has 4 nitrogen and oxygen atoms in total. The van der Waals surface area contributed by atoms with Gasteiger partial charge in [0.15, 0.2) is 0 Å². The van der Waals surface area contributed by atoms with Crippen molar-refractivity contribution in [2.24, 2.45) is 0 Å². The SMILES string of the molecule is C=CCNCCCC[Si](OCC)(OCC)OCC. The van der Waals surface area contributed by atoms with Crippen molar-refractivity contribution in [1.82, 2.24) is 5.32 Å². The average Bonchev–Trinajstić information content (AvgIpc) is 2.35. The summed E-state index contributed by atoms with van der Waals surface area (Å²) in [6.07, 6.45) is 4.05. The molecule has 0 saturated heterocycles. The van der Waals surface area contributed by atoms with Crippen molar-refractivity contribution in [3.63, 3.8) is 0 Å². The molecule has 108 valence electrons. The standard InChI is InChI=1S/C13H29NO3Si/c1-5-11-14-12-9-10-13-18(15-6-2,16-7-3)17-8-4/h5,14H,1,6-13H2,2-4H3. The highest BCUT2D eigenvalue weighted by molar-refractivity contribution is 6.60. The fraction of sp³-hybridized carbons (Fsp3) is 0.846. The third-order valence-electron chi connectivity index (χ3n) is 2.47. The third kappa shape index (κ3) is 8.00. The molecule has 0 spiro atoms. The van der Waals surface area contributed by atoms with Crippen LogP contribution < -0.4 is 5.32 Å². The summed E-state index contributed by atoms with van der Waals surface area (Å²) in [7, 11) is -2.41. The van der Waals surface area contributed by atoms with Crippen LogP contribution in [0.5, 0.6) is 0 Å². The zero-order chi connectivity index (χ0) is 13.7. The van der Waals surface area contributed by atoms with Crippen LogP contribution in [0.1, 0.15) is 33.6 Å². The van der Waals surface area contributed by atoms with Crippen molar-refractivity contribution in [3.05, 3.63) is 12.7 Å². The zero-order valence-electron chi connectivity index (χ0n) is 12.2. The van der Waals surface area contributed by atoms with Gasteiger partial charge in [0, 0.05) is 32.4 Å². The monoisotopic (exact) mass is 275 g/mol. The molecule has 0 saturated carbocycles. The summed E-state index contributed by atoms with van der Waals surface area (Å²) in [5.74, 6) is 0. The Morgan fingerprint density at radius 2 is 1.56 bits per heavy atom. The molecule has 0 aromatic carbocycles. The van der Waals surface area contributed by atoms with Crippen LogP contribution in [0, 0.1) is 0 Å². The first-order valence-corrected chi connectivity index (χ1v) is 8.91. The summed E-state index contributed by atoms with van der Waals surface area (Å²) >= 11 is 0. The summed E-state index contributed by atoms with van der Waals surface area (Å²) in [5.41, 5.74) is 0. The molecular formula is C13H29NO3Si. The maximum Gasteiger partial charge on any atom is 0.500 e. The van der Waals surface area contributed by atoms with E-state index in [1.807, 2.05) is 26.8 Å². The summed E-state index contributed by atoms with van der Waals surface area (Å²) < 4.78 is 17.4. The Balaban J connectivity index is 4.00. The van der Waals surface area contributed by atoms with Crippen molar-refractivity contribution in [2.45, 2.75) is 39.7 Å². The smallest absolute Gasteiger partial charge is 0.374 e. The Labute approximate surface area is 113 Å². The van der Waals surface area contributed by atoms with Crippen LogP contribution in [0.15, 0.2) is 12.7 Å². The lowest BCUT2D eigenvalue weighted by Crippen LogP contribution is -2.46. The van der Waals surface area contributed by atoms with Crippen molar-refractivity contribution in [3.8, 4) is 0 Å². The molecule has 0 bridgehead atoms. The Morgan fingerprint density at radius 1 is 1.00 bits per heavy atom. The molecule has 0 rings (SSSR count). The first-order valence-electron chi connectivity index (χ1n) is 6.98. The predicted octanol–water partition coefficient (Wildman–Crippen LogP) is 2.59. The van der Waals surface area contributed by atoms with Gasteiger partial charge in [-0.05, 0) is 40.2 Å². The van der Waals surface area contributed by atoms with E-state index in [2.05, 4.69) is 11.9 Å². The van der Waals surface area contributed by atoms with Gasteiger partial charge in [0.1, 0.15) is 0 Å². The molecule has 0 radical (unpaired) electrons. The van der Waals surface area contributed by atoms with E-state index in [1.54, 1.807) is 0 Å². The Kier molecular flexibility index (Phi) is 11.7. The van der Waals surface area contributed by atoms with Crippen molar-refractivity contribution < 1.29 is 13.3 Å². The fourth-order valence-electron chi connectivity index (χ4n) is 1.80. The van der Waals surface area contributed by atoms with Crippen LogP contribution in [0.4, 0.5) is 0 Å². The summed E-state index contributed by atoms with van der Waals surface area (Å²) in [5, 5.41) is 3.29. The number of nitrogens with one attached hydrogen (secondary N) is 1. The molecule has 0 aliphatic rings. The normalized spacial score (nSPS) is 11.7. The number of rotatable bonds is 13. The van der Waals surface area contributed by atoms with E-state index in [4.69, 9.17) is 13.3 Å². The van der Waals surface area contributed by atoms with Gasteiger partial charge in [0.25, 0.3) is 0 Å². The number of unbranched alkanes of at least 4 members (excludes halogenated alkanes) is 1. The third-order valence-corrected chi connectivity index (χ3v) is 5.62. The Hall–Kier alpha value is -0.203. The lowest BCUT2D eigenvalue weighted by molar-refractivity contribution is 0.0707. The van der Waals surface area contributed by atoms with Gasteiger partial charge in [-0.3, -0.25) is 0 Å². The van der Waals surface area contributed by atoms with Crippen molar-refractivity contribution >= 4 is 8.80 Å². The minimum absolute atomic E-state index is 0.654. The van der Waals surface area contributed by atoms with E-state index in [1.165, 1.54) is 0 Å². The zero-order valence-corrected chi connectivity index (χ0v) is 13.2. The summed E-state index contributed by atoms with van der Waals surface area (Å²) in [6.45, 7) is 13.5. The molecule has 5 heteroatoms. The minimum Gasteiger partial charge on any atom is -0.374 e. The lowest BCUT2D eigenvalue weighted by atomic mass is 10.3. The average molecular weight is 275 g/mol. The van der Waals surface area contributed by atoms with Gasteiger partial charge in [-0.1, -0.05) is 6.08 Å². The highest BCUT2D eigenvalue weighted by Crippen LogP contribution is 2.18. The molecule has 1 N–H and O–H groups in total. The van der Waals surface area contributed by atoms with Crippen LogP contribution in [-0.4, -0.2) is 41.7 Å². The number of hydrogen-bond acceptors (Lipinski definition) is 4. The van der Waals surface area contributed by atoms with E-state index < -0.39 is 8.80 Å². The van der Waals surface area contributed by atoms with Gasteiger partial charge in [-0.2, -0.15) is 0 Å². The van der Waals surface area contributed by atoms with Gasteiger partial charge >= 0.3 is 8.80 Å². The van der Waals surface area contributed by atoms with Gasteiger partial charge in [-0.15, -0.1) is 6.58 Å². The first-order chi connectivity index (χ1) is 8.74. The molecule has 0 aromatic heterocycles. The molecular weight excluding hydrogens is 246 g/mol. The molecule has 0 amide bonds. The summed E-state index contributed by atoms with van der Waals surface area (Å²) in [6, 6.07) is 0.901. The van der Waals surface area contributed by atoms with E-state index >= 15 is 0 Å². The Bertz CT molecular complexity index is 186. The van der Waals surface area contributed by atoms with Crippen LogP contribution in [0.2, 0.25) is 6.04 Å². The molecule has 0 aliphatic heterocycles. The quantitative estimate of drug-likeness (QED) is 0.319. The fourth-order valence-corrected chi connectivity index (χ4v) is 4.48. The Morgan fingerprint density at radius 3 is 2.00 bits per heavy atom. The van der Waals surface area contributed by atoms with Crippen molar-refractivity contribution in [1.29, 1.82) is 0 Å². The van der Waals surface area contributed by atoms with Crippen LogP contribution >= 0.6 is 0 Å². The van der Waals surface area contributed by atoms with Gasteiger partial charge in [0.2, 0.25) is 0 Å². The van der Waals surface area contributed by atoms with E-state index in [9.17, 15) is 0 Å². The highest BCUT2D eigenvalue weighted by atomic mass is 28.4. The van der Waals surface area contributed by atoms with Crippen LogP contribution in [0.25, 0.3) is 0 Å². The minimum atomic E-state index is -2.41. The molecule has 0 unspecified atom stereocenters. The first kappa shape index (κ1) is 17.8.